The lowest BCUT2D eigenvalue weighted by Gasteiger charge is -2.23. The molecule has 0 rings (SSSR count). The third kappa shape index (κ3) is 10.0. The van der Waals surface area contributed by atoms with Crippen LogP contribution in [0.3, 0.4) is 0 Å². The molecule has 0 unspecified atom stereocenters. The van der Waals surface area contributed by atoms with Crippen molar-refractivity contribution in [2.24, 2.45) is 5.41 Å². The van der Waals surface area contributed by atoms with Gasteiger partial charge in [0.2, 0.25) is 0 Å². The van der Waals surface area contributed by atoms with E-state index >= 15 is 0 Å². The molecule has 15 heavy (non-hydrogen) atoms. The van der Waals surface area contributed by atoms with Crippen LogP contribution in [-0.2, 0) is 4.74 Å². The minimum Gasteiger partial charge on any atom is -0.372 e. The summed E-state index contributed by atoms with van der Waals surface area (Å²) in [4.78, 5) is 0. The van der Waals surface area contributed by atoms with E-state index < -0.39 is 12.8 Å². The summed E-state index contributed by atoms with van der Waals surface area (Å²) in [7, 11) is 1.86. The molecule has 0 saturated heterocycles. The third-order valence-electron chi connectivity index (χ3n) is 2.06. The maximum atomic E-state index is 11.7. The van der Waals surface area contributed by atoms with Crippen molar-refractivity contribution in [1.82, 2.24) is 5.32 Å². The maximum absolute atomic E-state index is 11.7. The molecule has 0 aliphatic heterocycles. The monoisotopic (exact) mass is 227 g/mol. The van der Waals surface area contributed by atoms with Gasteiger partial charge in [0.05, 0.1) is 0 Å². The summed E-state index contributed by atoms with van der Waals surface area (Å²) in [5, 5.41) is 3.05. The molecule has 0 spiro atoms. The highest BCUT2D eigenvalue weighted by Gasteiger charge is 2.27. The van der Waals surface area contributed by atoms with E-state index in [1.54, 1.807) is 0 Å². The predicted molar refractivity (Wildman–Crippen MR) is 53.8 cm³/mol. The first-order valence-electron chi connectivity index (χ1n) is 5.06. The Labute approximate surface area is 89.2 Å². The van der Waals surface area contributed by atoms with E-state index in [4.69, 9.17) is 0 Å². The Morgan fingerprint density at radius 2 is 1.80 bits per heavy atom. The van der Waals surface area contributed by atoms with Crippen molar-refractivity contribution < 1.29 is 17.9 Å². The average Bonchev–Trinajstić information content (AvgIpc) is 2.00. The largest absolute Gasteiger partial charge is 0.411 e. The van der Waals surface area contributed by atoms with Crippen LogP contribution in [0.1, 0.15) is 26.7 Å². The van der Waals surface area contributed by atoms with Gasteiger partial charge in [-0.15, -0.1) is 0 Å². The summed E-state index contributed by atoms with van der Waals surface area (Å²) in [5.74, 6) is 0. The van der Waals surface area contributed by atoms with E-state index in [0.717, 1.165) is 13.0 Å². The number of hydrogen-bond acceptors (Lipinski definition) is 2. The summed E-state index contributed by atoms with van der Waals surface area (Å²) in [6.45, 7) is 4.04. The number of nitrogens with one attached hydrogen (secondary N) is 1. The van der Waals surface area contributed by atoms with E-state index in [-0.39, 0.29) is 12.0 Å². The Balaban J connectivity index is 3.46. The van der Waals surface area contributed by atoms with Crippen molar-refractivity contribution in [3.05, 3.63) is 0 Å². The first-order chi connectivity index (χ1) is 6.77. The lowest BCUT2D eigenvalue weighted by atomic mass is 9.88. The minimum atomic E-state index is -4.21. The number of halogens is 3. The van der Waals surface area contributed by atoms with Crippen LogP contribution in [0.2, 0.25) is 0 Å². The molecule has 2 nitrogen and oxygen atoms in total. The lowest BCUT2D eigenvalue weighted by Crippen LogP contribution is -2.27. The molecule has 1 N–H and O–H groups in total. The van der Waals surface area contributed by atoms with Gasteiger partial charge in [0.1, 0.15) is 6.61 Å². The van der Waals surface area contributed by atoms with Crippen LogP contribution in [-0.4, -0.2) is 33.0 Å². The summed E-state index contributed by atoms with van der Waals surface area (Å²) in [5.41, 5.74) is 0.107. The van der Waals surface area contributed by atoms with Crippen LogP contribution >= 0.6 is 0 Å². The zero-order chi connectivity index (χ0) is 11.9. The van der Waals surface area contributed by atoms with Gasteiger partial charge in [-0.1, -0.05) is 13.8 Å². The number of rotatable bonds is 7. The van der Waals surface area contributed by atoms with Gasteiger partial charge < -0.3 is 10.1 Å². The first kappa shape index (κ1) is 14.7. The third-order valence-corrected chi connectivity index (χ3v) is 2.06. The van der Waals surface area contributed by atoms with E-state index in [1.807, 2.05) is 7.05 Å². The van der Waals surface area contributed by atoms with Gasteiger partial charge in [0, 0.05) is 6.61 Å². The van der Waals surface area contributed by atoms with Gasteiger partial charge in [-0.3, -0.25) is 0 Å². The van der Waals surface area contributed by atoms with Crippen LogP contribution < -0.4 is 5.32 Å². The minimum absolute atomic E-state index is 0.107. The Morgan fingerprint density at radius 3 is 2.27 bits per heavy atom. The second-order valence-electron chi connectivity index (χ2n) is 4.47. The molecule has 0 aliphatic carbocycles. The summed E-state index contributed by atoms with van der Waals surface area (Å²) >= 11 is 0. The van der Waals surface area contributed by atoms with Gasteiger partial charge in [0.15, 0.2) is 0 Å². The first-order valence-corrected chi connectivity index (χ1v) is 5.06. The molecule has 0 saturated carbocycles. The van der Waals surface area contributed by atoms with Crippen molar-refractivity contribution in [1.29, 1.82) is 0 Å². The van der Waals surface area contributed by atoms with Gasteiger partial charge in [-0.05, 0) is 31.8 Å². The molecule has 0 aromatic rings. The highest BCUT2D eigenvalue weighted by Crippen LogP contribution is 2.21. The average molecular weight is 227 g/mol. The Kier molecular flexibility index (Phi) is 6.20. The Morgan fingerprint density at radius 1 is 1.20 bits per heavy atom. The zero-order valence-electron chi connectivity index (χ0n) is 9.58. The quantitative estimate of drug-likeness (QED) is 0.675. The highest BCUT2D eigenvalue weighted by molar-refractivity contribution is 4.70. The molecule has 5 heteroatoms. The molecule has 0 heterocycles. The maximum Gasteiger partial charge on any atom is 0.411 e. The van der Waals surface area contributed by atoms with Crippen LogP contribution in [0, 0.1) is 5.41 Å². The molecule has 0 aromatic carbocycles. The highest BCUT2D eigenvalue weighted by atomic mass is 19.4. The topological polar surface area (TPSA) is 21.3 Å². The molecule has 0 atom stereocenters. The van der Waals surface area contributed by atoms with Crippen LogP contribution in [0.4, 0.5) is 13.2 Å². The standard InChI is InChI=1S/C10H20F3NO/c1-9(2,7-14-3)5-4-6-15-8-10(11,12)13/h14H,4-8H2,1-3H3. The molecule has 0 aliphatic rings. The summed E-state index contributed by atoms with van der Waals surface area (Å²) in [6, 6.07) is 0. The number of alkyl halides is 3. The second-order valence-corrected chi connectivity index (χ2v) is 4.47. The molecule has 0 amide bonds. The molecule has 0 aromatic heterocycles. The van der Waals surface area contributed by atoms with E-state index in [0.29, 0.717) is 6.42 Å². The fourth-order valence-electron chi connectivity index (χ4n) is 1.41. The number of ether oxygens (including phenoxy) is 1. The Bertz CT molecular complexity index is 169. The van der Waals surface area contributed by atoms with Crippen molar-refractivity contribution >= 4 is 0 Å². The van der Waals surface area contributed by atoms with Crippen molar-refractivity contribution in [2.45, 2.75) is 32.9 Å². The smallest absolute Gasteiger partial charge is 0.372 e. The van der Waals surface area contributed by atoms with Gasteiger partial charge in [-0.2, -0.15) is 13.2 Å². The molecule has 92 valence electrons. The fraction of sp³-hybridized carbons (Fsp3) is 1.00. The summed E-state index contributed by atoms with van der Waals surface area (Å²) in [6.07, 6.45) is -2.70. The Hall–Kier alpha value is -0.290. The van der Waals surface area contributed by atoms with Gasteiger partial charge in [0.25, 0.3) is 0 Å². The molecule has 0 radical (unpaired) electrons. The van der Waals surface area contributed by atoms with Crippen molar-refractivity contribution in [3.8, 4) is 0 Å². The number of hydrogen-bond donors (Lipinski definition) is 1. The lowest BCUT2D eigenvalue weighted by molar-refractivity contribution is -0.174. The van der Waals surface area contributed by atoms with Gasteiger partial charge >= 0.3 is 6.18 Å². The second kappa shape index (κ2) is 6.33. The van der Waals surface area contributed by atoms with Crippen LogP contribution in [0.5, 0.6) is 0 Å². The SMILES string of the molecule is CNCC(C)(C)CCCOCC(F)(F)F. The van der Waals surface area contributed by atoms with Crippen molar-refractivity contribution in [3.63, 3.8) is 0 Å². The summed E-state index contributed by atoms with van der Waals surface area (Å²) < 4.78 is 39.6. The molecule has 0 bridgehead atoms. The predicted octanol–water partition coefficient (Wildman–Crippen LogP) is 2.59. The van der Waals surface area contributed by atoms with Crippen LogP contribution in [0.25, 0.3) is 0 Å². The normalized spacial score (nSPS) is 13.2. The zero-order valence-corrected chi connectivity index (χ0v) is 9.58. The van der Waals surface area contributed by atoms with E-state index in [1.165, 1.54) is 0 Å². The molecular formula is C10H20F3NO. The molecule has 0 fully saturated rings. The van der Waals surface area contributed by atoms with Crippen LogP contribution in [0.15, 0.2) is 0 Å². The van der Waals surface area contributed by atoms with E-state index in [2.05, 4.69) is 23.9 Å². The van der Waals surface area contributed by atoms with E-state index in [9.17, 15) is 13.2 Å². The molecular weight excluding hydrogens is 207 g/mol. The van der Waals surface area contributed by atoms with Gasteiger partial charge in [-0.25, -0.2) is 0 Å². The fourth-order valence-corrected chi connectivity index (χ4v) is 1.41. The van der Waals surface area contributed by atoms with Crippen molar-refractivity contribution in [2.75, 3.05) is 26.8 Å².